The molecule has 28 nitrogen and oxygen atoms in total. The molecule has 9 rings (SSSR count). The maximum Gasteiger partial charge on any atom is 0.329 e. The van der Waals surface area contributed by atoms with Crippen LogP contribution in [0.15, 0.2) is 164 Å². The van der Waals surface area contributed by atoms with E-state index < -0.39 is 84.5 Å². The number of hydrogen-bond donors (Lipinski definition) is 12. The van der Waals surface area contributed by atoms with Crippen LogP contribution in [0.5, 0.6) is 0 Å². The quantitative estimate of drug-likeness (QED) is 0.00352. The first-order chi connectivity index (χ1) is 57.1. The number of carbonyl (C=O) groups is 12. The van der Waals surface area contributed by atoms with E-state index in [-0.39, 0.29) is 85.4 Å². The molecule has 30 heteroatoms. The molecule has 9 atom stereocenters. The van der Waals surface area contributed by atoms with Crippen molar-refractivity contribution in [2.75, 3.05) is 37.1 Å². The fourth-order valence-electron chi connectivity index (χ4n) is 13.1. The van der Waals surface area contributed by atoms with Gasteiger partial charge in [-0.3, -0.25) is 63.2 Å². The molecule has 5 heterocycles. The van der Waals surface area contributed by atoms with Crippen LogP contribution in [0.2, 0.25) is 0 Å². The average Bonchev–Trinajstić information content (AvgIpc) is 1.62. The minimum absolute atomic E-state index is 0. The Morgan fingerprint density at radius 3 is 2.08 bits per heavy atom. The molecular weight excluding hydrogens is 1570 g/mol. The van der Waals surface area contributed by atoms with Crippen LogP contribution < -0.4 is 53.0 Å². The summed E-state index contributed by atoms with van der Waals surface area (Å²) in [6.07, 6.45) is 18.5. The van der Waals surface area contributed by atoms with Gasteiger partial charge in [0.05, 0.1) is 35.3 Å². The lowest BCUT2D eigenvalue weighted by Gasteiger charge is -2.39. The number of piperidine rings is 1. The van der Waals surface area contributed by atoms with Crippen molar-refractivity contribution in [1.29, 1.82) is 0 Å². The minimum atomic E-state index is -1.01. The molecule has 0 saturated carbocycles. The van der Waals surface area contributed by atoms with E-state index in [1.54, 1.807) is 87.9 Å². The number of ether oxygens (including phenoxy) is 1. The highest BCUT2D eigenvalue weighted by atomic mass is 33.1. The molecular formula is C90H119N11O17S2. The highest BCUT2D eigenvalue weighted by molar-refractivity contribution is 8.76. The predicted molar refractivity (Wildman–Crippen MR) is 467 cm³/mol. The molecule has 3 saturated heterocycles. The number of nitrogens with zero attached hydrogens (tertiary/aromatic N) is 2. The van der Waals surface area contributed by atoms with Gasteiger partial charge >= 0.3 is 5.97 Å². The van der Waals surface area contributed by atoms with Crippen LogP contribution in [0.4, 0.5) is 5.69 Å². The Kier molecular flexibility index (Phi) is 43.7. The number of aliphatic hydroxyl groups is 1. The van der Waals surface area contributed by atoms with Crippen molar-refractivity contribution in [1.82, 2.24) is 52.5 Å². The van der Waals surface area contributed by atoms with Crippen LogP contribution in [-0.4, -0.2) is 170 Å². The largest absolute Gasteiger partial charge is 0.456 e. The van der Waals surface area contributed by atoms with Gasteiger partial charge in [-0.05, 0) is 128 Å². The number of amides is 8. The summed E-state index contributed by atoms with van der Waals surface area (Å²) in [6, 6.07) is 27.0. The van der Waals surface area contributed by atoms with E-state index in [0.29, 0.717) is 79.8 Å². The maximum absolute atomic E-state index is 14.1. The standard InChI is InChI=1S/C34H49N5O6.C26H39N3O5S2.C18H16N2O2.C11H11NO4.CH4/c1-5-22(3)30-33(43)36-27(20-23-21-39(45-4)28-17-11-10-15-25(23)28)31(41)35-26(16-9-7-8-14-24(40)6-2)34(44)38-19-13-12-18-29(38)32(42)37-30;1-7-20-17(6)27-24(16(4)5)26(33)34-19-10-8-9-11-35-36-14-18(25(32)28-20)12-21(30)23(15(2)3)29-22(31)13-19;21-18(20-22)9-5-4-6-15-10-12-17(13-11-15)19-14-16-7-2-1-3-8-16;13-7-10(14)9-4-1-8(2-5-9)3-6-11(15)12-16;/h10-11,15,17,21-22,26-27,29-30H,5-9,12-14,16,18-20H2,1-4H3,(H,35,41)(H,36,43)(H,37,42);7-8,10,15-16,18-19,23-24,27H,6,9,11-14H2,1-5H3,(H,28,32)(H,29,31);1-3,5,7-13,19,22H,14H2,(H,20,21);1-6,13,16H,7H2,(H,12,15);1H4/b;10-8-,20-7+;9-5+;6-3+;/t22?,26-,27?,29-,30-;18?,19-,23+,24?;;;/m01.../s1. The Morgan fingerprint density at radius 1 is 0.742 bits per heavy atom. The summed E-state index contributed by atoms with van der Waals surface area (Å²) in [7, 11) is 4.72. The molecule has 4 aromatic carbocycles. The zero-order valence-electron chi connectivity index (χ0n) is 69.2. The second kappa shape index (κ2) is 52.7. The van der Waals surface area contributed by atoms with E-state index in [2.05, 4.69) is 67.8 Å². The number of Topliss-reactive ketones (excluding diaryl/α,β-unsaturated/α-hetero) is 3. The molecule has 0 spiro atoms. The third-order valence-electron chi connectivity index (χ3n) is 20.1. The smallest absolute Gasteiger partial charge is 0.329 e. The van der Waals surface area contributed by atoms with Gasteiger partial charge in [0.25, 0.3) is 11.8 Å². The normalized spacial score (nSPS) is 21.0. The highest BCUT2D eigenvalue weighted by Crippen LogP contribution is 2.30. The number of hydrogen-bond acceptors (Lipinski definition) is 21. The summed E-state index contributed by atoms with van der Waals surface area (Å²) >= 11 is 0. The van der Waals surface area contributed by atoms with Gasteiger partial charge in [-0.15, -0.1) is 0 Å². The molecule has 5 aromatic rings. The van der Waals surface area contributed by atoms with Gasteiger partial charge in [0, 0.05) is 90.8 Å². The predicted octanol–water partition coefficient (Wildman–Crippen LogP) is 10.3. The molecule has 1 aromatic heterocycles. The number of aromatic nitrogens is 1. The summed E-state index contributed by atoms with van der Waals surface area (Å²) < 4.78 is 7.40. The van der Waals surface area contributed by atoms with Gasteiger partial charge in [-0.1, -0.05) is 200 Å². The summed E-state index contributed by atoms with van der Waals surface area (Å²) in [6.45, 7) is 19.6. The van der Waals surface area contributed by atoms with Crippen LogP contribution in [-0.2, 0) is 70.4 Å². The first kappa shape index (κ1) is 99.5. The average molecular weight is 1690 g/mol. The topological polar surface area (TPSA) is 400 Å². The van der Waals surface area contributed by atoms with Crippen LogP contribution in [0, 0.1) is 35.5 Å². The Hall–Kier alpha value is -11.1. The van der Waals surface area contributed by atoms with Gasteiger partial charge in [-0.2, -0.15) is 4.73 Å². The Morgan fingerprint density at radius 2 is 1.43 bits per heavy atom. The molecule has 0 aliphatic carbocycles. The lowest BCUT2D eigenvalue weighted by atomic mass is 9.92. The minimum Gasteiger partial charge on any atom is -0.456 e. The van der Waals surface area contributed by atoms with E-state index in [0.717, 1.165) is 77.9 Å². The molecule has 648 valence electrons. The van der Waals surface area contributed by atoms with E-state index in [1.807, 2.05) is 121 Å². The van der Waals surface area contributed by atoms with Crippen LogP contribution in [0.25, 0.3) is 17.0 Å². The summed E-state index contributed by atoms with van der Waals surface area (Å²) in [5.74, 6) is 1.43. The van der Waals surface area contributed by atoms with Gasteiger partial charge in [-0.25, -0.2) is 15.8 Å². The number of allylic oxidation sites excluding steroid dienone is 3. The molecule has 8 amide bonds. The van der Waals surface area contributed by atoms with Crippen molar-refractivity contribution in [2.45, 2.75) is 202 Å². The zero-order valence-corrected chi connectivity index (χ0v) is 70.8. The molecule has 4 unspecified atom stereocenters. The number of fused-ring (bicyclic) bond motifs is 9. The second-order valence-corrected chi connectivity index (χ2v) is 32.2. The number of rotatable bonds is 22. The van der Waals surface area contributed by atoms with Gasteiger partial charge in [0.15, 0.2) is 11.6 Å². The fraction of sp³-hybridized carbons (Fsp3) is 0.444. The number of esters is 1. The van der Waals surface area contributed by atoms with Crippen molar-refractivity contribution < 1.29 is 82.6 Å². The molecule has 3 fully saturated rings. The first-order valence-electron chi connectivity index (χ1n) is 40.3. The number of anilines is 1. The van der Waals surface area contributed by atoms with Crippen LogP contribution in [0.1, 0.15) is 179 Å². The van der Waals surface area contributed by atoms with Crippen LogP contribution >= 0.6 is 21.6 Å². The summed E-state index contributed by atoms with van der Waals surface area (Å²) in [5, 5.41) is 47.1. The third-order valence-corrected chi connectivity index (χ3v) is 22.6. The van der Waals surface area contributed by atoms with Gasteiger partial charge in [0.1, 0.15) is 55.8 Å². The molecule has 0 radical (unpaired) electrons. The highest BCUT2D eigenvalue weighted by Gasteiger charge is 2.41. The van der Waals surface area contributed by atoms with Crippen LogP contribution in [0.3, 0.4) is 0 Å². The van der Waals surface area contributed by atoms with E-state index in [1.165, 1.54) is 28.7 Å². The summed E-state index contributed by atoms with van der Waals surface area (Å²) in [5.41, 5.74) is 9.59. The lowest BCUT2D eigenvalue weighted by molar-refractivity contribution is -0.151. The summed E-state index contributed by atoms with van der Waals surface area (Å²) in [4.78, 5) is 160. The number of ketones is 3. The molecule has 4 aliphatic rings. The van der Waals surface area contributed by atoms with Gasteiger partial charge in [0.2, 0.25) is 35.4 Å². The maximum atomic E-state index is 14.1. The number of unbranched alkanes of at least 4 members (excludes halogenated alkanes) is 2. The Bertz CT molecular complexity index is 4460. The second-order valence-electron chi connectivity index (χ2n) is 29.6. The number of nitrogens with one attached hydrogen (secondary N) is 9. The van der Waals surface area contributed by atoms with Crippen molar-refractivity contribution in [3.05, 3.63) is 192 Å². The Balaban J connectivity index is 0.000000304. The zero-order chi connectivity index (χ0) is 86.9. The number of para-hydroxylation sites is 1. The van der Waals surface area contributed by atoms with E-state index >= 15 is 0 Å². The fourth-order valence-corrected chi connectivity index (χ4v) is 15.4. The lowest BCUT2D eigenvalue weighted by Crippen LogP contribution is -2.64. The Labute approximate surface area is 711 Å². The number of hydroxylamine groups is 2. The van der Waals surface area contributed by atoms with E-state index in [4.69, 9.17) is 25.1 Å². The molecule has 2 bridgehead atoms. The molecule has 12 N–H and O–H groups in total. The SMILES string of the molecule is C.C=C1NC(C(C)C)C(=O)O[C@@H]2/C=C\CCSSCC(CC(=O)[C@H](C(C)C)NC(=O)C2)C(=O)N/C1=C/C.CCC(=O)CCCCC[C@@H]1NC(=O)C(Cc2cn(OC)c3ccccc23)NC(=O)[C@H](C(C)CC)NC(=O)[C@@H]2CCCCN2C1=O.O=C(/C=C/C#Cc1ccc(NCc2ccccc2)cc1)NO.O=C(/C=C/c1ccc(C(=O)CO)cc1)NO. The third kappa shape index (κ3) is 32.6. The van der Waals surface area contributed by atoms with Crippen molar-refractivity contribution >= 4 is 115 Å². The van der Waals surface area contributed by atoms with E-state index in [9.17, 15) is 57.5 Å². The molecule has 4 aliphatic heterocycles. The van der Waals surface area contributed by atoms with Crippen molar-refractivity contribution in [3.8, 4) is 11.8 Å². The number of benzene rings is 4. The number of aliphatic hydroxyl groups excluding tert-OH is 1. The first-order valence-corrected chi connectivity index (χ1v) is 42.7. The monoisotopic (exact) mass is 1690 g/mol. The van der Waals surface area contributed by atoms with Crippen molar-refractivity contribution in [2.24, 2.45) is 23.7 Å². The van der Waals surface area contributed by atoms with Gasteiger partial charge < -0.3 is 56.8 Å². The molecule has 120 heavy (non-hydrogen) atoms. The number of carbonyl (C=O) groups excluding carboxylic acids is 12. The van der Waals surface area contributed by atoms with Crippen molar-refractivity contribution in [3.63, 3.8) is 0 Å².